The van der Waals surface area contributed by atoms with Crippen LogP contribution in [0.5, 0.6) is 5.75 Å². The average molecular weight is 264 g/mol. The van der Waals surface area contributed by atoms with Crippen LogP contribution in [-0.4, -0.2) is 30.4 Å². The summed E-state index contributed by atoms with van der Waals surface area (Å²) in [6.45, 7) is 0. The van der Waals surface area contributed by atoms with Crippen molar-refractivity contribution in [1.82, 2.24) is 0 Å². The molecule has 0 spiro atoms. The first-order valence-corrected chi connectivity index (χ1v) is 6.51. The number of nitrogens with two attached hydrogens (primary N) is 1. The number of oxime groups is 1. The molecule has 1 aliphatic carbocycles. The van der Waals surface area contributed by atoms with E-state index in [0.717, 1.165) is 25.7 Å². The lowest BCUT2D eigenvalue weighted by Crippen LogP contribution is -2.30. The van der Waals surface area contributed by atoms with E-state index < -0.39 is 0 Å². The van der Waals surface area contributed by atoms with Crippen LogP contribution in [0.4, 0.5) is 0 Å². The highest BCUT2D eigenvalue weighted by atomic mass is 16.5. The van der Waals surface area contributed by atoms with Crippen molar-refractivity contribution in [3.8, 4) is 5.75 Å². The third-order valence-corrected chi connectivity index (χ3v) is 3.48. The SMILES string of the molecule is COC1CCCC(Oc2ccccc2C(N)=NO)C1. The van der Waals surface area contributed by atoms with Crippen LogP contribution < -0.4 is 10.5 Å². The van der Waals surface area contributed by atoms with Crippen molar-refractivity contribution in [2.24, 2.45) is 10.9 Å². The van der Waals surface area contributed by atoms with Gasteiger partial charge in [0.2, 0.25) is 0 Å². The topological polar surface area (TPSA) is 77.1 Å². The Labute approximate surface area is 113 Å². The van der Waals surface area contributed by atoms with Gasteiger partial charge in [-0.05, 0) is 31.4 Å². The van der Waals surface area contributed by atoms with Crippen molar-refractivity contribution in [3.63, 3.8) is 0 Å². The van der Waals surface area contributed by atoms with Gasteiger partial charge >= 0.3 is 0 Å². The number of amidine groups is 1. The van der Waals surface area contributed by atoms with E-state index in [1.165, 1.54) is 0 Å². The van der Waals surface area contributed by atoms with E-state index in [1.807, 2.05) is 18.2 Å². The van der Waals surface area contributed by atoms with Gasteiger partial charge in [-0.3, -0.25) is 0 Å². The molecule has 0 aromatic heterocycles. The standard InChI is InChI=1S/C14H20N2O3/c1-18-10-5-4-6-11(9-10)19-13-8-3-2-7-12(13)14(15)16-17/h2-3,7-8,10-11,17H,4-6,9H2,1H3,(H2,15,16). The molecule has 1 aliphatic rings. The predicted octanol–water partition coefficient (Wildman–Crippen LogP) is 2.12. The summed E-state index contributed by atoms with van der Waals surface area (Å²) in [5.41, 5.74) is 6.26. The Bertz CT molecular complexity index is 448. The summed E-state index contributed by atoms with van der Waals surface area (Å²) in [5.74, 6) is 0.717. The molecule has 0 saturated heterocycles. The average Bonchev–Trinajstić information content (AvgIpc) is 2.47. The van der Waals surface area contributed by atoms with Gasteiger partial charge in [-0.15, -0.1) is 0 Å². The van der Waals surface area contributed by atoms with E-state index in [4.69, 9.17) is 20.4 Å². The van der Waals surface area contributed by atoms with Crippen molar-refractivity contribution in [1.29, 1.82) is 0 Å². The summed E-state index contributed by atoms with van der Waals surface area (Å²) in [6.07, 6.45) is 4.43. The highest BCUT2D eigenvalue weighted by molar-refractivity contribution is 5.99. The minimum absolute atomic E-state index is 0.0645. The molecule has 1 aromatic rings. The fraction of sp³-hybridized carbons (Fsp3) is 0.500. The zero-order valence-electron chi connectivity index (χ0n) is 11.1. The van der Waals surface area contributed by atoms with Crippen molar-refractivity contribution in [2.45, 2.75) is 37.9 Å². The van der Waals surface area contributed by atoms with Crippen LogP contribution in [0.15, 0.2) is 29.4 Å². The number of hydrogen-bond donors (Lipinski definition) is 2. The van der Waals surface area contributed by atoms with Gasteiger partial charge in [0.15, 0.2) is 5.84 Å². The lowest BCUT2D eigenvalue weighted by Gasteiger charge is -2.29. The molecule has 1 fully saturated rings. The fourth-order valence-electron chi connectivity index (χ4n) is 2.44. The number of nitrogens with zero attached hydrogens (tertiary/aromatic N) is 1. The Morgan fingerprint density at radius 3 is 2.79 bits per heavy atom. The molecule has 0 bridgehead atoms. The van der Waals surface area contributed by atoms with Gasteiger partial charge in [0.25, 0.3) is 0 Å². The normalized spacial score (nSPS) is 24.2. The molecule has 0 amide bonds. The van der Waals surface area contributed by atoms with E-state index in [2.05, 4.69) is 5.16 Å². The highest BCUT2D eigenvalue weighted by Crippen LogP contribution is 2.27. The molecule has 5 heteroatoms. The van der Waals surface area contributed by atoms with E-state index >= 15 is 0 Å². The predicted molar refractivity (Wildman–Crippen MR) is 72.6 cm³/mol. The lowest BCUT2D eigenvalue weighted by molar-refractivity contribution is 0.0209. The van der Waals surface area contributed by atoms with Gasteiger partial charge in [-0.2, -0.15) is 0 Å². The minimum atomic E-state index is 0.0645. The van der Waals surface area contributed by atoms with Crippen LogP contribution in [0.3, 0.4) is 0 Å². The van der Waals surface area contributed by atoms with Crippen molar-refractivity contribution >= 4 is 5.84 Å². The van der Waals surface area contributed by atoms with Crippen LogP contribution in [0.1, 0.15) is 31.2 Å². The van der Waals surface area contributed by atoms with E-state index in [-0.39, 0.29) is 18.0 Å². The molecule has 2 rings (SSSR count). The molecule has 1 saturated carbocycles. The van der Waals surface area contributed by atoms with E-state index in [1.54, 1.807) is 13.2 Å². The second kappa shape index (κ2) is 6.43. The molecule has 2 unspecified atom stereocenters. The van der Waals surface area contributed by atoms with Gasteiger partial charge in [-0.1, -0.05) is 17.3 Å². The number of benzene rings is 1. The van der Waals surface area contributed by atoms with Gasteiger partial charge in [0, 0.05) is 13.5 Å². The molecule has 0 radical (unpaired) electrons. The minimum Gasteiger partial charge on any atom is -0.490 e. The third-order valence-electron chi connectivity index (χ3n) is 3.48. The Kier molecular flexibility index (Phi) is 4.63. The third kappa shape index (κ3) is 3.38. The van der Waals surface area contributed by atoms with Crippen LogP contribution in [0.25, 0.3) is 0 Å². The van der Waals surface area contributed by atoms with Crippen molar-refractivity contribution in [3.05, 3.63) is 29.8 Å². The van der Waals surface area contributed by atoms with E-state index in [0.29, 0.717) is 11.3 Å². The first-order valence-electron chi connectivity index (χ1n) is 6.51. The van der Waals surface area contributed by atoms with Crippen LogP contribution in [0, 0.1) is 0 Å². The summed E-state index contributed by atoms with van der Waals surface area (Å²) in [6, 6.07) is 7.32. The summed E-state index contributed by atoms with van der Waals surface area (Å²) < 4.78 is 11.4. The second-order valence-electron chi connectivity index (χ2n) is 4.75. The molecule has 19 heavy (non-hydrogen) atoms. The van der Waals surface area contributed by atoms with Crippen molar-refractivity contribution in [2.75, 3.05) is 7.11 Å². The van der Waals surface area contributed by atoms with Gasteiger partial charge in [0.1, 0.15) is 11.9 Å². The number of ether oxygens (including phenoxy) is 2. The molecule has 1 aromatic carbocycles. The molecular weight excluding hydrogens is 244 g/mol. The molecular formula is C14H20N2O3. The van der Waals surface area contributed by atoms with Crippen molar-refractivity contribution < 1.29 is 14.7 Å². The van der Waals surface area contributed by atoms with Crippen LogP contribution in [0.2, 0.25) is 0 Å². The van der Waals surface area contributed by atoms with Crippen LogP contribution >= 0.6 is 0 Å². The Balaban J connectivity index is 2.10. The number of rotatable bonds is 4. The molecule has 5 nitrogen and oxygen atoms in total. The number of hydrogen-bond acceptors (Lipinski definition) is 4. The lowest BCUT2D eigenvalue weighted by atomic mass is 9.95. The summed E-state index contributed by atoms with van der Waals surface area (Å²) in [4.78, 5) is 0. The molecule has 0 heterocycles. The summed E-state index contributed by atoms with van der Waals surface area (Å²) in [7, 11) is 1.73. The maximum absolute atomic E-state index is 8.79. The largest absolute Gasteiger partial charge is 0.490 e. The van der Waals surface area contributed by atoms with E-state index in [9.17, 15) is 0 Å². The fourth-order valence-corrected chi connectivity index (χ4v) is 2.44. The zero-order chi connectivity index (χ0) is 13.7. The maximum atomic E-state index is 8.79. The monoisotopic (exact) mass is 264 g/mol. The second-order valence-corrected chi connectivity index (χ2v) is 4.75. The Hall–Kier alpha value is -1.75. The van der Waals surface area contributed by atoms with Gasteiger partial charge in [-0.25, -0.2) is 0 Å². The van der Waals surface area contributed by atoms with Gasteiger partial charge in [0.05, 0.1) is 11.7 Å². The maximum Gasteiger partial charge on any atom is 0.173 e. The number of para-hydroxylation sites is 1. The summed E-state index contributed by atoms with van der Waals surface area (Å²) >= 11 is 0. The quantitative estimate of drug-likeness (QED) is 0.378. The molecule has 2 atom stereocenters. The Morgan fingerprint density at radius 2 is 2.05 bits per heavy atom. The number of methoxy groups -OCH3 is 1. The molecule has 104 valence electrons. The van der Waals surface area contributed by atoms with Gasteiger partial charge < -0.3 is 20.4 Å². The molecule has 0 aliphatic heterocycles. The highest BCUT2D eigenvalue weighted by Gasteiger charge is 2.24. The Morgan fingerprint density at radius 1 is 1.32 bits per heavy atom. The first kappa shape index (κ1) is 13.7. The van der Waals surface area contributed by atoms with Crippen LogP contribution in [-0.2, 0) is 4.74 Å². The smallest absolute Gasteiger partial charge is 0.173 e. The first-order chi connectivity index (χ1) is 9.24. The zero-order valence-corrected chi connectivity index (χ0v) is 11.1. The summed E-state index contributed by atoms with van der Waals surface area (Å²) in [5, 5.41) is 11.8. The molecule has 3 N–H and O–H groups in total.